The molecule has 0 aliphatic heterocycles. The van der Waals surface area contributed by atoms with Crippen molar-refractivity contribution in [2.75, 3.05) is 22.3 Å². The van der Waals surface area contributed by atoms with Crippen LogP contribution in [0.1, 0.15) is 73.8 Å². The highest BCUT2D eigenvalue weighted by Gasteiger charge is 2.67. The molecule has 4 N–H and O–H groups in total. The lowest BCUT2D eigenvalue weighted by molar-refractivity contribution is -0.123. The maximum atomic E-state index is 15.4. The Morgan fingerprint density at radius 2 is 1.80 bits per heavy atom. The summed E-state index contributed by atoms with van der Waals surface area (Å²) in [6.45, 7) is 3.89. The number of aliphatic hydroxyl groups is 1. The second kappa shape index (κ2) is 14.5. The van der Waals surface area contributed by atoms with Gasteiger partial charge in [-0.05, 0) is 69.4 Å². The highest BCUT2D eigenvalue weighted by molar-refractivity contribution is 7.92. The first-order chi connectivity index (χ1) is 27.7. The number of carbonyl (C=O) groups is 1. The van der Waals surface area contributed by atoms with Crippen molar-refractivity contribution in [3.8, 4) is 11.1 Å². The molecule has 1 fully saturated rings. The molecule has 21 heteroatoms. The van der Waals surface area contributed by atoms with Crippen LogP contribution in [0.4, 0.5) is 37.3 Å². The Morgan fingerprint density at radius 3 is 2.47 bits per heavy atom. The predicted octanol–water partition coefficient (Wildman–Crippen LogP) is 6.91. The summed E-state index contributed by atoms with van der Waals surface area (Å²) in [6.07, 6.45) is -3.43. The summed E-state index contributed by atoms with van der Waals surface area (Å²) in [4.78, 5) is 23.5. The van der Waals surface area contributed by atoms with Crippen molar-refractivity contribution in [1.29, 1.82) is 0 Å². The largest absolute Gasteiger partial charge is 0.389 e. The average molecular weight is 862 g/mol. The van der Waals surface area contributed by atoms with Crippen LogP contribution in [0.3, 0.4) is 0 Å². The van der Waals surface area contributed by atoms with E-state index in [0.29, 0.717) is 42.6 Å². The molecule has 13 nitrogen and oxygen atoms in total. The van der Waals surface area contributed by atoms with Crippen molar-refractivity contribution in [2.24, 2.45) is 13.0 Å². The third-order valence-corrected chi connectivity index (χ3v) is 12.6. The van der Waals surface area contributed by atoms with Crippen LogP contribution in [0.2, 0.25) is 0 Å². The van der Waals surface area contributed by atoms with Crippen molar-refractivity contribution in [2.45, 2.75) is 70.1 Å². The Hall–Kier alpha value is -5.28. The molecule has 1 saturated carbocycles. The number of anilines is 2. The molecule has 4 heterocycles. The number of benzene rings is 2. The minimum atomic E-state index is -3.76. The van der Waals surface area contributed by atoms with Crippen molar-refractivity contribution in [3.05, 3.63) is 82.3 Å². The second-order valence-corrected chi connectivity index (χ2v) is 18.4. The Labute approximate surface area is 336 Å². The first-order valence-corrected chi connectivity index (χ1v) is 21.0. The Balaban J connectivity index is 1.28. The standard InChI is InChI=1S/C38H37F6N9O4S2/c1-5-59(56,57)51-34-21-8-6-7-20(31(21)52(4)50-34)22-14-26-35(48-36(58-26)45-16-37(2,3)55)47-29(22)25(11-17-9-18(39)12-19(40)10-17)46-27(54)15-53-32-28(30(49-53)33(41)42)23-13-24(23)38(32,43)44/h6-10,12,14,23-25,33,55H,5,11,13,15-16H2,1-4H3,(H,46,54)(H,50,51)(H,45,47,48)/t23-,24+,25-/m0/s1. The quantitative estimate of drug-likeness (QED) is 0.0851. The third kappa shape index (κ3) is 7.70. The van der Waals surface area contributed by atoms with Crippen molar-refractivity contribution in [1.82, 2.24) is 34.8 Å². The third-order valence-electron chi connectivity index (χ3n) is 10.4. The smallest absolute Gasteiger partial charge is 0.293 e. The van der Waals surface area contributed by atoms with Gasteiger partial charge in [0, 0.05) is 47.7 Å². The van der Waals surface area contributed by atoms with Crippen LogP contribution in [-0.2, 0) is 40.8 Å². The molecule has 3 atom stereocenters. The van der Waals surface area contributed by atoms with Gasteiger partial charge in [-0.2, -0.15) is 19.0 Å². The van der Waals surface area contributed by atoms with Crippen LogP contribution in [0, 0.1) is 17.6 Å². The van der Waals surface area contributed by atoms with Gasteiger partial charge in [0.05, 0.1) is 33.3 Å². The van der Waals surface area contributed by atoms with Crippen molar-refractivity contribution < 1.29 is 44.7 Å². The molecule has 4 aromatic heterocycles. The number of hydrogen-bond acceptors (Lipinski definition) is 10. The highest BCUT2D eigenvalue weighted by Crippen LogP contribution is 2.68. The zero-order chi connectivity index (χ0) is 42.3. The lowest BCUT2D eigenvalue weighted by Gasteiger charge is -2.23. The van der Waals surface area contributed by atoms with E-state index in [4.69, 9.17) is 4.98 Å². The summed E-state index contributed by atoms with van der Waals surface area (Å²) in [5.41, 5.74) is -1.32. The molecule has 0 saturated heterocycles. The van der Waals surface area contributed by atoms with E-state index in [2.05, 4.69) is 30.5 Å². The molecule has 0 spiro atoms. The maximum absolute atomic E-state index is 15.4. The molecule has 59 heavy (non-hydrogen) atoms. The fraction of sp³-hybridized carbons (Fsp3) is 0.395. The fourth-order valence-corrected chi connectivity index (χ4v) is 9.14. The van der Waals surface area contributed by atoms with Gasteiger partial charge >= 0.3 is 0 Å². The number of pyridine rings is 1. The Bertz CT molecular complexity index is 2740. The van der Waals surface area contributed by atoms with Crippen LogP contribution in [-0.4, -0.2) is 66.9 Å². The Kier molecular flexibility index (Phi) is 9.93. The van der Waals surface area contributed by atoms with Crippen molar-refractivity contribution >= 4 is 59.5 Å². The first kappa shape index (κ1) is 40.5. The average Bonchev–Trinajstić information content (AvgIpc) is 3.43. The molecule has 0 bridgehead atoms. The number of alkyl halides is 4. The number of nitrogens with one attached hydrogen (secondary N) is 3. The number of thiazole rings is 1. The number of amides is 1. The van der Waals surface area contributed by atoms with E-state index in [9.17, 15) is 35.9 Å². The van der Waals surface area contributed by atoms with Crippen molar-refractivity contribution in [3.63, 3.8) is 0 Å². The molecule has 8 rings (SSSR count). The molecule has 312 valence electrons. The number of carbonyl (C=O) groups excluding carboxylic acids is 1. The summed E-state index contributed by atoms with van der Waals surface area (Å²) in [7, 11) is -2.17. The zero-order valence-electron chi connectivity index (χ0n) is 31.8. The summed E-state index contributed by atoms with van der Waals surface area (Å²) >= 11 is 1.20. The van der Waals surface area contributed by atoms with E-state index in [1.54, 1.807) is 45.2 Å². The lowest BCUT2D eigenvalue weighted by Crippen LogP contribution is -2.35. The van der Waals surface area contributed by atoms with Gasteiger partial charge < -0.3 is 15.7 Å². The van der Waals surface area contributed by atoms with E-state index in [0.717, 1.165) is 12.1 Å². The Morgan fingerprint density at radius 1 is 1.07 bits per heavy atom. The second-order valence-electron chi connectivity index (χ2n) is 15.4. The van der Waals surface area contributed by atoms with Crippen LogP contribution < -0.4 is 15.4 Å². The summed E-state index contributed by atoms with van der Waals surface area (Å²) in [5, 5.41) is 25.1. The van der Waals surface area contributed by atoms with E-state index in [-0.39, 0.29) is 53.4 Å². The number of rotatable bonds is 14. The number of fused-ring (bicyclic) bond motifs is 5. The van der Waals surface area contributed by atoms with Crippen LogP contribution in [0.25, 0.3) is 32.4 Å². The van der Waals surface area contributed by atoms with Crippen LogP contribution >= 0.6 is 11.3 Å². The fourth-order valence-electron chi connectivity index (χ4n) is 7.71. The topological polar surface area (TPSA) is 169 Å². The van der Waals surface area contributed by atoms with Gasteiger partial charge in [0.15, 0.2) is 16.6 Å². The lowest BCUT2D eigenvalue weighted by atomic mass is 9.94. The molecule has 2 aliphatic carbocycles. The monoisotopic (exact) mass is 861 g/mol. The van der Waals surface area contributed by atoms with E-state index in [1.807, 2.05) is 0 Å². The predicted molar refractivity (Wildman–Crippen MR) is 208 cm³/mol. The summed E-state index contributed by atoms with van der Waals surface area (Å²) in [5.74, 6) is -8.39. The highest BCUT2D eigenvalue weighted by atomic mass is 32.2. The normalized spacial score (nSPS) is 17.7. The van der Waals surface area contributed by atoms with Gasteiger partial charge in [0.25, 0.3) is 12.3 Å². The number of nitrogens with zero attached hydrogens (tertiary/aromatic N) is 6. The molecule has 2 aromatic carbocycles. The minimum absolute atomic E-state index is 0.0296. The number of para-hydroxylation sites is 1. The molecule has 1 amide bonds. The molecule has 0 unspecified atom stereocenters. The molecule has 2 aliphatic rings. The van der Waals surface area contributed by atoms with E-state index >= 15 is 8.78 Å². The molecular weight excluding hydrogens is 825 g/mol. The number of sulfonamides is 1. The molecule has 6 aromatic rings. The number of halogens is 6. The van der Waals surface area contributed by atoms with Crippen LogP contribution in [0.5, 0.6) is 0 Å². The number of aryl methyl sites for hydroxylation is 1. The summed E-state index contributed by atoms with van der Waals surface area (Å²) in [6, 6.07) is 8.23. The van der Waals surface area contributed by atoms with E-state index in [1.165, 1.54) is 22.9 Å². The number of aromatic nitrogens is 6. The minimum Gasteiger partial charge on any atom is -0.389 e. The van der Waals surface area contributed by atoms with Gasteiger partial charge in [0.2, 0.25) is 15.9 Å². The van der Waals surface area contributed by atoms with Crippen LogP contribution in [0.15, 0.2) is 42.5 Å². The van der Waals surface area contributed by atoms with Gasteiger partial charge in [-0.1, -0.05) is 23.5 Å². The SMILES string of the molecule is CCS(=O)(=O)Nc1nn(C)c2c(-c3cc4sc(NCC(C)(C)O)nc4nc3[C@H](Cc3cc(F)cc(F)c3)NC(=O)Cn3nc(C(F)F)c4c3C(F)(F)[C@@H]3C[C@H]43)cccc12. The molecular formula is C38H37F6N9O4S2. The number of hydrogen-bond donors (Lipinski definition) is 4. The molecule has 0 radical (unpaired) electrons. The van der Waals surface area contributed by atoms with Gasteiger partial charge in [-0.3, -0.25) is 18.9 Å². The maximum Gasteiger partial charge on any atom is 0.293 e. The van der Waals surface area contributed by atoms with E-state index < -0.39 is 81.3 Å². The summed E-state index contributed by atoms with van der Waals surface area (Å²) < 4.78 is 119. The first-order valence-electron chi connectivity index (χ1n) is 18.5. The van der Waals surface area contributed by atoms with Gasteiger partial charge in [-0.15, -0.1) is 0 Å². The van der Waals surface area contributed by atoms with Gasteiger partial charge in [-0.25, -0.2) is 35.9 Å². The van der Waals surface area contributed by atoms with Gasteiger partial charge in [0.1, 0.15) is 29.6 Å². The zero-order valence-corrected chi connectivity index (χ0v) is 33.5.